The van der Waals surface area contributed by atoms with Gasteiger partial charge >= 0.3 is 0 Å². The third-order valence-electron chi connectivity index (χ3n) is 6.12. The first-order valence-electron chi connectivity index (χ1n) is 10.8. The number of anilines is 2. The van der Waals surface area contributed by atoms with Crippen molar-refractivity contribution in [1.82, 2.24) is 30.3 Å². The predicted molar refractivity (Wildman–Crippen MR) is 114 cm³/mol. The molecular weight excluding hydrogens is 378 g/mol. The molecule has 5 rings (SSSR count). The van der Waals surface area contributed by atoms with Crippen molar-refractivity contribution in [3.63, 3.8) is 0 Å². The molecule has 3 N–H and O–H groups in total. The molecule has 1 aliphatic heterocycles. The second-order valence-electron chi connectivity index (χ2n) is 8.34. The molecule has 1 aliphatic carbocycles. The Labute approximate surface area is 175 Å². The Bertz CT molecular complexity index is 1050. The van der Waals surface area contributed by atoms with Gasteiger partial charge in [0.2, 0.25) is 0 Å². The van der Waals surface area contributed by atoms with Crippen molar-refractivity contribution < 1.29 is 4.79 Å². The molecule has 0 aromatic carbocycles. The second-order valence-corrected chi connectivity index (χ2v) is 8.34. The fraction of sp³-hybridized carbons (Fsp3) is 0.455. The van der Waals surface area contributed by atoms with E-state index in [1.807, 2.05) is 30.0 Å². The quantitative estimate of drug-likeness (QED) is 0.617. The molecule has 1 fully saturated rings. The Morgan fingerprint density at radius 1 is 1.13 bits per heavy atom. The molecule has 1 saturated heterocycles. The molecule has 0 unspecified atom stereocenters. The topological polar surface area (TPSA) is 103 Å². The summed E-state index contributed by atoms with van der Waals surface area (Å²) in [6.07, 6.45) is 6.25. The van der Waals surface area contributed by atoms with Gasteiger partial charge in [-0.3, -0.25) is 15.0 Å². The van der Waals surface area contributed by atoms with Gasteiger partial charge in [0.05, 0.1) is 0 Å². The number of piperidine rings is 1. The summed E-state index contributed by atoms with van der Waals surface area (Å²) in [5, 5.41) is 17.9. The Balaban J connectivity index is 1.31. The van der Waals surface area contributed by atoms with E-state index in [9.17, 15) is 4.79 Å². The number of hydrogen-bond acceptors (Lipinski definition) is 5. The molecule has 8 heteroatoms. The van der Waals surface area contributed by atoms with E-state index in [1.165, 1.54) is 6.42 Å². The van der Waals surface area contributed by atoms with Gasteiger partial charge in [0, 0.05) is 47.7 Å². The number of rotatable bonds is 4. The highest BCUT2D eigenvalue weighted by Gasteiger charge is 2.30. The summed E-state index contributed by atoms with van der Waals surface area (Å²) < 4.78 is 0. The third kappa shape index (κ3) is 3.69. The van der Waals surface area contributed by atoms with Gasteiger partial charge in [-0.25, -0.2) is 4.98 Å². The summed E-state index contributed by atoms with van der Waals surface area (Å²) in [4.78, 5) is 20.0. The average molecular weight is 406 g/mol. The van der Waals surface area contributed by atoms with Crippen molar-refractivity contribution in [1.29, 1.82) is 0 Å². The number of nitrogens with one attached hydrogen (secondary N) is 3. The van der Waals surface area contributed by atoms with Gasteiger partial charge in [0.15, 0.2) is 11.5 Å². The van der Waals surface area contributed by atoms with Crippen LogP contribution in [0, 0.1) is 6.92 Å². The highest BCUT2D eigenvalue weighted by Crippen LogP contribution is 2.29. The zero-order valence-electron chi connectivity index (χ0n) is 17.2. The van der Waals surface area contributed by atoms with Crippen LogP contribution in [0.15, 0.2) is 24.3 Å². The summed E-state index contributed by atoms with van der Waals surface area (Å²) in [5.41, 5.74) is 4.91. The minimum Gasteiger partial charge on any atom is -0.337 e. The molecular formula is C22H27N7O. The van der Waals surface area contributed by atoms with E-state index in [1.54, 1.807) is 0 Å². The number of H-pyrrole nitrogens is 2. The molecule has 0 radical (unpaired) electrons. The standard InChI is InChI=1S/C22H27N7O/c1-14-12-20(27-25-14)24-19-10-4-9-17(23-19)15-6-5-11-29(13-15)22(30)21-16-7-2-3-8-18(16)26-28-21/h4,9-10,12,15H,2-3,5-8,11,13H2,1H3,(H,26,28)(H2,23,24,25,27)/t15-/m1/s1. The van der Waals surface area contributed by atoms with Crippen LogP contribution in [0.2, 0.25) is 0 Å². The fourth-order valence-electron chi connectivity index (χ4n) is 4.57. The SMILES string of the molecule is Cc1cc(Nc2cccc([C@@H]3CCCN(C(=O)c4n[nH]c5c4CCCC5)C3)n2)n[nH]1. The molecule has 0 spiro atoms. The molecule has 4 heterocycles. The molecule has 1 amide bonds. The molecule has 2 aliphatic rings. The van der Waals surface area contributed by atoms with Gasteiger partial charge in [-0.1, -0.05) is 6.07 Å². The fourth-order valence-corrected chi connectivity index (χ4v) is 4.57. The van der Waals surface area contributed by atoms with Crippen LogP contribution in [0.1, 0.15) is 64.7 Å². The largest absolute Gasteiger partial charge is 0.337 e. The normalized spacial score (nSPS) is 18.8. The Kier molecular flexibility index (Phi) is 4.98. The number of carbonyl (C=O) groups excluding carboxylic acids is 1. The van der Waals surface area contributed by atoms with Crippen LogP contribution in [0.4, 0.5) is 11.6 Å². The van der Waals surface area contributed by atoms with E-state index < -0.39 is 0 Å². The smallest absolute Gasteiger partial charge is 0.274 e. The van der Waals surface area contributed by atoms with Crippen LogP contribution in [0.3, 0.4) is 0 Å². The molecule has 8 nitrogen and oxygen atoms in total. The minimum atomic E-state index is 0.0559. The summed E-state index contributed by atoms with van der Waals surface area (Å²) in [6, 6.07) is 7.94. The molecule has 30 heavy (non-hydrogen) atoms. The van der Waals surface area contributed by atoms with Crippen LogP contribution in [0.5, 0.6) is 0 Å². The lowest BCUT2D eigenvalue weighted by Crippen LogP contribution is -2.40. The number of fused-ring (bicyclic) bond motifs is 1. The second kappa shape index (κ2) is 7.93. The maximum absolute atomic E-state index is 13.2. The van der Waals surface area contributed by atoms with E-state index in [4.69, 9.17) is 4.98 Å². The number of hydrogen-bond donors (Lipinski definition) is 3. The van der Waals surface area contributed by atoms with Crippen molar-refractivity contribution in [3.05, 3.63) is 52.6 Å². The maximum atomic E-state index is 13.2. The number of aromatic amines is 2. The lowest BCUT2D eigenvalue weighted by atomic mass is 9.92. The highest BCUT2D eigenvalue weighted by molar-refractivity contribution is 5.94. The number of pyridine rings is 1. The number of aromatic nitrogens is 5. The third-order valence-corrected chi connectivity index (χ3v) is 6.12. The van der Waals surface area contributed by atoms with Gasteiger partial charge in [0.25, 0.3) is 5.91 Å². The van der Waals surface area contributed by atoms with Crippen LogP contribution in [0.25, 0.3) is 0 Å². The van der Waals surface area contributed by atoms with Gasteiger partial charge in [-0.15, -0.1) is 0 Å². The number of aryl methyl sites for hydroxylation is 2. The molecule has 3 aromatic heterocycles. The zero-order valence-corrected chi connectivity index (χ0v) is 17.2. The van der Waals surface area contributed by atoms with Crippen LogP contribution >= 0.6 is 0 Å². The highest BCUT2D eigenvalue weighted by atomic mass is 16.2. The number of nitrogens with zero attached hydrogens (tertiary/aromatic N) is 4. The molecule has 3 aromatic rings. The molecule has 0 saturated carbocycles. The molecule has 1 atom stereocenters. The first-order valence-corrected chi connectivity index (χ1v) is 10.8. The summed E-state index contributed by atoms with van der Waals surface area (Å²) in [7, 11) is 0. The van der Waals surface area contributed by atoms with Gasteiger partial charge in [-0.2, -0.15) is 10.2 Å². The van der Waals surface area contributed by atoms with E-state index in [0.717, 1.165) is 72.9 Å². The van der Waals surface area contributed by atoms with Gasteiger partial charge in [-0.05, 0) is 57.6 Å². The van der Waals surface area contributed by atoms with E-state index in [-0.39, 0.29) is 11.8 Å². The van der Waals surface area contributed by atoms with E-state index >= 15 is 0 Å². The van der Waals surface area contributed by atoms with E-state index in [0.29, 0.717) is 12.2 Å². The van der Waals surface area contributed by atoms with Gasteiger partial charge < -0.3 is 10.2 Å². The first-order chi connectivity index (χ1) is 14.7. The van der Waals surface area contributed by atoms with Crippen molar-refractivity contribution in [2.75, 3.05) is 18.4 Å². The predicted octanol–water partition coefficient (Wildman–Crippen LogP) is 3.48. The van der Waals surface area contributed by atoms with Crippen molar-refractivity contribution in [2.24, 2.45) is 0 Å². The number of likely N-dealkylation sites (tertiary alicyclic amines) is 1. The van der Waals surface area contributed by atoms with E-state index in [2.05, 4.69) is 31.8 Å². The first kappa shape index (κ1) is 18.8. The Hall–Kier alpha value is -3.16. The Morgan fingerprint density at radius 3 is 2.90 bits per heavy atom. The molecule has 0 bridgehead atoms. The number of amides is 1. The van der Waals surface area contributed by atoms with Gasteiger partial charge in [0.1, 0.15) is 5.82 Å². The monoisotopic (exact) mass is 405 g/mol. The number of carbonyl (C=O) groups is 1. The van der Waals surface area contributed by atoms with Crippen LogP contribution in [-0.2, 0) is 12.8 Å². The lowest BCUT2D eigenvalue weighted by Gasteiger charge is -2.32. The lowest BCUT2D eigenvalue weighted by molar-refractivity contribution is 0.0698. The van der Waals surface area contributed by atoms with Crippen LogP contribution in [-0.4, -0.2) is 49.3 Å². The average Bonchev–Trinajstić information content (AvgIpc) is 3.39. The summed E-state index contributed by atoms with van der Waals surface area (Å²) in [6.45, 7) is 3.42. The summed E-state index contributed by atoms with van der Waals surface area (Å²) in [5.74, 6) is 1.80. The van der Waals surface area contributed by atoms with Crippen molar-refractivity contribution in [3.8, 4) is 0 Å². The minimum absolute atomic E-state index is 0.0559. The van der Waals surface area contributed by atoms with Crippen molar-refractivity contribution in [2.45, 2.75) is 51.4 Å². The van der Waals surface area contributed by atoms with Crippen LogP contribution < -0.4 is 5.32 Å². The molecule has 156 valence electrons. The maximum Gasteiger partial charge on any atom is 0.274 e. The summed E-state index contributed by atoms with van der Waals surface area (Å²) >= 11 is 0. The Morgan fingerprint density at radius 2 is 2.03 bits per heavy atom. The zero-order chi connectivity index (χ0) is 20.5. The van der Waals surface area contributed by atoms with Crippen molar-refractivity contribution >= 4 is 17.5 Å².